The smallest absolute Gasteiger partial charge is 0.251 e. The molecule has 0 fully saturated rings. The quantitative estimate of drug-likeness (QED) is 0.702. The van der Waals surface area contributed by atoms with E-state index in [-0.39, 0.29) is 12.7 Å². The minimum atomic E-state index is -0.0423. The van der Waals surface area contributed by atoms with Crippen molar-refractivity contribution in [2.24, 2.45) is 0 Å². The third kappa shape index (κ3) is 4.96. The van der Waals surface area contributed by atoms with Gasteiger partial charge in [-0.2, -0.15) is 0 Å². The van der Waals surface area contributed by atoms with Crippen LogP contribution < -0.4 is 14.8 Å². The minimum Gasteiger partial charge on any atom is -0.454 e. The van der Waals surface area contributed by atoms with E-state index in [1.807, 2.05) is 0 Å². The van der Waals surface area contributed by atoms with Crippen molar-refractivity contribution in [2.75, 3.05) is 13.3 Å². The van der Waals surface area contributed by atoms with Crippen LogP contribution in [0.25, 0.3) is 0 Å². The first-order chi connectivity index (χ1) is 10.3. The molecule has 0 aliphatic carbocycles. The summed E-state index contributed by atoms with van der Waals surface area (Å²) in [5.74, 6) is 1.32. The van der Waals surface area contributed by atoms with E-state index < -0.39 is 0 Å². The summed E-state index contributed by atoms with van der Waals surface area (Å²) in [7, 11) is 0. The van der Waals surface area contributed by atoms with Crippen molar-refractivity contribution in [1.29, 1.82) is 0 Å². The van der Waals surface area contributed by atoms with Crippen molar-refractivity contribution < 1.29 is 14.3 Å². The highest BCUT2D eigenvalue weighted by atomic mass is 16.7. The van der Waals surface area contributed by atoms with Crippen LogP contribution in [-0.4, -0.2) is 19.2 Å². The van der Waals surface area contributed by atoms with E-state index >= 15 is 0 Å². The second-order valence-electron chi connectivity index (χ2n) is 5.45. The first-order valence-corrected chi connectivity index (χ1v) is 7.99. The fourth-order valence-corrected chi connectivity index (χ4v) is 2.42. The third-order valence-corrected chi connectivity index (χ3v) is 3.70. The van der Waals surface area contributed by atoms with Crippen molar-refractivity contribution in [1.82, 2.24) is 5.32 Å². The number of hydrogen-bond donors (Lipinski definition) is 1. The van der Waals surface area contributed by atoms with Gasteiger partial charge in [0.15, 0.2) is 11.5 Å². The van der Waals surface area contributed by atoms with Gasteiger partial charge in [0.25, 0.3) is 5.91 Å². The van der Waals surface area contributed by atoms with Crippen molar-refractivity contribution in [3.8, 4) is 11.5 Å². The van der Waals surface area contributed by atoms with E-state index in [1.54, 1.807) is 18.2 Å². The molecule has 1 amide bonds. The molecular weight excluding hydrogens is 266 g/mol. The molecule has 4 heteroatoms. The molecule has 21 heavy (non-hydrogen) atoms. The number of amides is 1. The van der Waals surface area contributed by atoms with Gasteiger partial charge in [-0.1, -0.05) is 45.4 Å². The lowest BCUT2D eigenvalue weighted by Crippen LogP contribution is -2.24. The summed E-state index contributed by atoms with van der Waals surface area (Å²) in [6, 6.07) is 5.29. The lowest BCUT2D eigenvalue weighted by atomic mass is 10.1. The molecule has 0 saturated heterocycles. The fraction of sp³-hybridized carbons (Fsp3) is 0.588. The highest BCUT2D eigenvalue weighted by Gasteiger charge is 2.15. The highest BCUT2D eigenvalue weighted by Crippen LogP contribution is 2.32. The normalized spacial score (nSPS) is 12.4. The van der Waals surface area contributed by atoms with Crippen molar-refractivity contribution >= 4 is 5.91 Å². The molecule has 1 aromatic rings. The van der Waals surface area contributed by atoms with E-state index in [0.29, 0.717) is 17.1 Å². The number of benzene rings is 1. The summed E-state index contributed by atoms with van der Waals surface area (Å²) < 4.78 is 10.5. The van der Waals surface area contributed by atoms with Crippen molar-refractivity contribution in [3.63, 3.8) is 0 Å². The predicted octanol–water partition coefficient (Wildman–Crippen LogP) is 3.90. The van der Waals surface area contributed by atoms with E-state index in [9.17, 15) is 4.79 Å². The van der Waals surface area contributed by atoms with Crippen LogP contribution >= 0.6 is 0 Å². The number of carbonyl (C=O) groups excluding carboxylic acids is 1. The molecule has 0 radical (unpaired) electrons. The van der Waals surface area contributed by atoms with Crippen LogP contribution in [0.5, 0.6) is 11.5 Å². The number of rotatable bonds is 9. The van der Waals surface area contributed by atoms with E-state index in [2.05, 4.69) is 12.2 Å². The lowest BCUT2D eigenvalue weighted by Gasteiger charge is -2.06. The van der Waals surface area contributed by atoms with E-state index in [4.69, 9.17) is 9.47 Å². The minimum absolute atomic E-state index is 0.0423. The molecule has 0 saturated carbocycles. The Morgan fingerprint density at radius 3 is 2.57 bits per heavy atom. The third-order valence-electron chi connectivity index (χ3n) is 3.70. The number of nitrogens with one attached hydrogen (secondary N) is 1. The highest BCUT2D eigenvalue weighted by molar-refractivity contribution is 5.94. The standard InChI is InChI=1S/C17H25NO3/c1-2-3-4-5-6-7-8-11-18-17(19)14-9-10-15-16(12-14)21-13-20-15/h9-10,12H,2-8,11,13H2,1H3,(H,18,19). The van der Waals surface area contributed by atoms with Gasteiger partial charge in [0.2, 0.25) is 6.79 Å². The molecule has 0 aromatic heterocycles. The van der Waals surface area contributed by atoms with Gasteiger partial charge in [0.05, 0.1) is 0 Å². The van der Waals surface area contributed by atoms with Gasteiger partial charge in [0.1, 0.15) is 0 Å². The number of fused-ring (bicyclic) bond motifs is 1. The number of ether oxygens (including phenoxy) is 2. The van der Waals surface area contributed by atoms with Crippen LogP contribution in [0.2, 0.25) is 0 Å². The zero-order valence-electron chi connectivity index (χ0n) is 12.8. The largest absolute Gasteiger partial charge is 0.454 e. The number of carbonyl (C=O) groups is 1. The molecule has 1 aliphatic heterocycles. The first kappa shape index (κ1) is 15.7. The summed E-state index contributed by atoms with van der Waals surface area (Å²) in [6.45, 7) is 3.20. The van der Waals surface area contributed by atoms with E-state index in [1.165, 1.54) is 38.5 Å². The average Bonchev–Trinajstić information content (AvgIpc) is 2.97. The Hall–Kier alpha value is -1.71. The second-order valence-corrected chi connectivity index (χ2v) is 5.45. The predicted molar refractivity (Wildman–Crippen MR) is 82.9 cm³/mol. The maximum atomic E-state index is 12.0. The maximum absolute atomic E-state index is 12.0. The van der Waals surface area contributed by atoms with Gasteiger partial charge in [-0.3, -0.25) is 4.79 Å². The SMILES string of the molecule is CCCCCCCCCNC(=O)c1ccc2c(c1)OCO2. The molecule has 1 aliphatic rings. The molecule has 1 N–H and O–H groups in total. The molecule has 4 nitrogen and oxygen atoms in total. The summed E-state index contributed by atoms with van der Waals surface area (Å²) in [6.07, 6.45) is 8.75. The van der Waals surface area contributed by atoms with Crippen LogP contribution in [-0.2, 0) is 0 Å². The summed E-state index contributed by atoms with van der Waals surface area (Å²) >= 11 is 0. The van der Waals surface area contributed by atoms with Gasteiger partial charge < -0.3 is 14.8 Å². The Labute approximate surface area is 126 Å². The van der Waals surface area contributed by atoms with Gasteiger partial charge >= 0.3 is 0 Å². The summed E-state index contributed by atoms with van der Waals surface area (Å²) in [5, 5.41) is 2.96. The molecule has 0 spiro atoms. The van der Waals surface area contributed by atoms with Crippen LogP contribution in [0.1, 0.15) is 62.2 Å². The van der Waals surface area contributed by atoms with Crippen LogP contribution in [0.4, 0.5) is 0 Å². The second kappa shape index (κ2) is 8.55. The molecule has 0 atom stereocenters. The number of hydrogen-bond acceptors (Lipinski definition) is 3. The molecule has 0 bridgehead atoms. The summed E-state index contributed by atoms with van der Waals surface area (Å²) in [5.41, 5.74) is 0.627. The van der Waals surface area contributed by atoms with Gasteiger partial charge in [0, 0.05) is 12.1 Å². The Bertz CT molecular complexity index is 459. The van der Waals surface area contributed by atoms with Crippen LogP contribution in [0, 0.1) is 0 Å². The molecule has 0 unspecified atom stereocenters. The summed E-state index contributed by atoms with van der Waals surface area (Å²) in [4.78, 5) is 12.0. The molecule has 1 aromatic carbocycles. The maximum Gasteiger partial charge on any atom is 0.251 e. The van der Waals surface area contributed by atoms with Crippen molar-refractivity contribution in [3.05, 3.63) is 23.8 Å². The van der Waals surface area contributed by atoms with Gasteiger partial charge in [-0.05, 0) is 24.6 Å². The number of unbranched alkanes of at least 4 members (excludes halogenated alkanes) is 6. The monoisotopic (exact) mass is 291 g/mol. The van der Waals surface area contributed by atoms with Gasteiger partial charge in [-0.15, -0.1) is 0 Å². The average molecular weight is 291 g/mol. The Balaban J connectivity index is 1.61. The molecule has 1 heterocycles. The van der Waals surface area contributed by atoms with Crippen LogP contribution in [0.15, 0.2) is 18.2 Å². The van der Waals surface area contributed by atoms with Gasteiger partial charge in [-0.25, -0.2) is 0 Å². The van der Waals surface area contributed by atoms with Crippen LogP contribution in [0.3, 0.4) is 0 Å². The Morgan fingerprint density at radius 2 is 1.76 bits per heavy atom. The lowest BCUT2D eigenvalue weighted by molar-refractivity contribution is 0.0952. The fourth-order valence-electron chi connectivity index (χ4n) is 2.42. The molecular formula is C17H25NO3. The molecule has 116 valence electrons. The Morgan fingerprint density at radius 1 is 1.05 bits per heavy atom. The Kier molecular flexibility index (Phi) is 6.38. The van der Waals surface area contributed by atoms with Crippen molar-refractivity contribution in [2.45, 2.75) is 51.9 Å². The zero-order chi connectivity index (χ0) is 14.9. The van der Waals surface area contributed by atoms with E-state index in [0.717, 1.165) is 13.0 Å². The zero-order valence-corrected chi connectivity index (χ0v) is 12.8. The topological polar surface area (TPSA) is 47.6 Å². The molecule has 2 rings (SSSR count). The first-order valence-electron chi connectivity index (χ1n) is 7.99.